The number of carbonyl (C=O) groups is 2. The summed E-state index contributed by atoms with van der Waals surface area (Å²) in [6.07, 6.45) is 4.24. The molecule has 0 unspecified atom stereocenters. The predicted molar refractivity (Wildman–Crippen MR) is 143 cm³/mol. The van der Waals surface area contributed by atoms with E-state index in [9.17, 15) is 22.4 Å². The quantitative estimate of drug-likeness (QED) is 0.479. The van der Waals surface area contributed by atoms with Gasteiger partial charge in [-0.05, 0) is 43.9 Å². The van der Waals surface area contributed by atoms with Crippen LogP contribution in [-0.2, 0) is 26.3 Å². The summed E-state index contributed by atoms with van der Waals surface area (Å²) in [4.78, 5) is 28.6. The third-order valence-electron chi connectivity index (χ3n) is 6.70. The molecule has 2 aromatic carbocycles. The number of benzene rings is 2. The molecule has 1 aliphatic carbocycles. The molecule has 1 atom stereocenters. The fourth-order valence-corrected chi connectivity index (χ4v) is 5.60. The van der Waals surface area contributed by atoms with Crippen LogP contribution in [0.4, 0.5) is 10.1 Å². The molecule has 0 aromatic heterocycles. The molecule has 1 aliphatic rings. The van der Waals surface area contributed by atoms with Crippen molar-refractivity contribution in [1.29, 1.82) is 0 Å². The molecule has 8 nitrogen and oxygen atoms in total. The first-order valence-electron chi connectivity index (χ1n) is 12.6. The van der Waals surface area contributed by atoms with Crippen LogP contribution in [0.2, 0.25) is 0 Å². The third-order valence-corrected chi connectivity index (χ3v) is 8.51. The average molecular weight is 533 g/mol. The summed E-state index contributed by atoms with van der Waals surface area (Å²) >= 11 is 0. The molecular weight excluding hydrogens is 495 g/mol. The van der Waals surface area contributed by atoms with E-state index in [0.717, 1.165) is 51.5 Å². The molecular formula is C27H37FN4O4S. The molecule has 0 saturated heterocycles. The molecule has 0 spiro atoms. The van der Waals surface area contributed by atoms with E-state index in [1.165, 1.54) is 37.2 Å². The largest absolute Gasteiger partial charge is 0.352 e. The Morgan fingerprint density at radius 3 is 2.24 bits per heavy atom. The molecule has 37 heavy (non-hydrogen) atoms. The molecule has 0 radical (unpaired) electrons. The van der Waals surface area contributed by atoms with Crippen molar-refractivity contribution in [2.75, 3.05) is 24.9 Å². The van der Waals surface area contributed by atoms with Gasteiger partial charge in [0.2, 0.25) is 11.8 Å². The van der Waals surface area contributed by atoms with E-state index < -0.39 is 34.5 Å². The molecule has 10 heteroatoms. The Balaban J connectivity index is 1.97. The number of rotatable bonds is 11. The van der Waals surface area contributed by atoms with E-state index in [1.807, 2.05) is 38.1 Å². The van der Waals surface area contributed by atoms with Crippen molar-refractivity contribution in [2.24, 2.45) is 0 Å². The van der Waals surface area contributed by atoms with Crippen molar-refractivity contribution < 1.29 is 22.4 Å². The molecule has 0 bridgehead atoms. The lowest BCUT2D eigenvalue weighted by atomic mass is 10.1. The number of amides is 2. The highest BCUT2D eigenvalue weighted by Crippen LogP contribution is 2.24. The molecule has 1 N–H and O–H groups in total. The second-order valence-electron chi connectivity index (χ2n) is 9.67. The maximum atomic E-state index is 14.7. The Morgan fingerprint density at radius 2 is 1.68 bits per heavy atom. The van der Waals surface area contributed by atoms with Gasteiger partial charge in [0.1, 0.15) is 18.4 Å². The van der Waals surface area contributed by atoms with Crippen molar-refractivity contribution in [3.63, 3.8) is 0 Å². The van der Waals surface area contributed by atoms with Gasteiger partial charge in [-0.1, -0.05) is 61.7 Å². The second-order valence-corrected chi connectivity index (χ2v) is 11.7. The van der Waals surface area contributed by atoms with Gasteiger partial charge in [0, 0.05) is 26.7 Å². The number of hydrogen-bond donors (Lipinski definition) is 1. The number of anilines is 1. The van der Waals surface area contributed by atoms with E-state index in [2.05, 4.69) is 5.32 Å². The number of hydrogen-bond acceptors (Lipinski definition) is 4. The Bertz CT molecular complexity index is 1180. The maximum absolute atomic E-state index is 14.7. The summed E-state index contributed by atoms with van der Waals surface area (Å²) in [5.41, 5.74) is 1.62. The van der Waals surface area contributed by atoms with Crippen molar-refractivity contribution in [2.45, 2.75) is 64.6 Å². The minimum atomic E-state index is -4.21. The molecule has 1 saturated carbocycles. The van der Waals surface area contributed by atoms with Gasteiger partial charge in [-0.2, -0.15) is 12.7 Å². The summed E-state index contributed by atoms with van der Waals surface area (Å²) in [6, 6.07) is 12.3. The Hall–Kier alpha value is -2.98. The van der Waals surface area contributed by atoms with Crippen LogP contribution in [0.3, 0.4) is 0 Å². The first-order chi connectivity index (χ1) is 17.5. The van der Waals surface area contributed by atoms with Crippen LogP contribution in [0.5, 0.6) is 0 Å². The first kappa shape index (κ1) is 28.6. The summed E-state index contributed by atoms with van der Waals surface area (Å²) in [6.45, 7) is 3.23. The number of nitrogens with zero attached hydrogens (tertiary/aromatic N) is 3. The van der Waals surface area contributed by atoms with Crippen molar-refractivity contribution >= 4 is 27.7 Å². The van der Waals surface area contributed by atoms with Gasteiger partial charge >= 0.3 is 10.2 Å². The predicted octanol–water partition coefficient (Wildman–Crippen LogP) is 3.61. The normalized spacial score (nSPS) is 15.0. The summed E-state index contributed by atoms with van der Waals surface area (Å²) < 4.78 is 42.8. The number of carbonyl (C=O) groups excluding carboxylic acids is 2. The van der Waals surface area contributed by atoms with Crippen molar-refractivity contribution in [3.8, 4) is 0 Å². The average Bonchev–Trinajstić information content (AvgIpc) is 3.37. The zero-order valence-corrected chi connectivity index (χ0v) is 22.8. The van der Waals surface area contributed by atoms with Crippen LogP contribution in [0, 0.1) is 12.7 Å². The lowest BCUT2D eigenvalue weighted by Gasteiger charge is -2.34. The molecule has 1 fully saturated rings. The van der Waals surface area contributed by atoms with E-state index in [-0.39, 0.29) is 24.2 Å². The Kier molecular flexibility index (Phi) is 9.67. The van der Waals surface area contributed by atoms with Crippen LogP contribution in [0.25, 0.3) is 0 Å². The minimum Gasteiger partial charge on any atom is -0.352 e. The van der Waals surface area contributed by atoms with E-state index >= 15 is 0 Å². The highest BCUT2D eigenvalue weighted by Gasteiger charge is 2.35. The molecule has 3 rings (SSSR count). The van der Waals surface area contributed by atoms with Crippen molar-refractivity contribution in [3.05, 3.63) is 65.5 Å². The monoisotopic (exact) mass is 532 g/mol. The lowest BCUT2D eigenvalue weighted by Crippen LogP contribution is -2.54. The standard InChI is InChI=1S/C27H37FN4O4S/c1-5-24(27(34)29-22-10-6-7-11-22)31(18-21-16-14-20(2)15-17-21)26(33)19-32(37(35,36)30(3)4)25-13-9-8-12-23(25)28/h8-9,12-17,22,24H,5-7,10-11,18-19H2,1-4H3,(H,29,34)/t24-/m1/s1. The van der Waals surface area contributed by atoms with Gasteiger partial charge in [0.15, 0.2) is 0 Å². The minimum absolute atomic E-state index is 0.0712. The van der Waals surface area contributed by atoms with Gasteiger partial charge < -0.3 is 10.2 Å². The van der Waals surface area contributed by atoms with E-state index in [4.69, 9.17) is 0 Å². The fourth-order valence-electron chi connectivity index (χ4n) is 4.53. The fraction of sp³-hybridized carbons (Fsp3) is 0.481. The molecule has 2 aromatic rings. The van der Waals surface area contributed by atoms with Crippen LogP contribution in [0.15, 0.2) is 48.5 Å². The summed E-state index contributed by atoms with van der Waals surface area (Å²) in [5.74, 6) is -1.62. The molecule has 0 aliphatic heterocycles. The van der Waals surface area contributed by atoms with Crippen LogP contribution >= 0.6 is 0 Å². The van der Waals surface area contributed by atoms with Crippen molar-refractivity contribution in [1.82, 2.24) is 14.5 Å². The lowest BCUT2D eigenvalue weighted by molar-refractivity contribution is -0.140. The van der Waals surface area contributed by atoms with Gasteiger partial charge in [-0.25, -0.2) is 8.70 Å². The Morgan fingerprint density at radius 1 is 1.05 bits per heavy atom. The topological polar surface area (TPSA) is 90.0 Å². The first-order valence-corrected chi connectivity index (χ1v) is 14.0. The summed E-state index contributed by atoms with van der Waals surface area (Å²) in [7, 11) is -1.57. The second kappa shape index (κ2) is 12.5. The SMILES string of the molecule is CC[C@H](C(=O)NC1CCCC1)N(Cc1ccc(C)cc1)C(=O)CN(c1ccccc1F)S(=O)(=O)N(C)C. The highest BCUT2D eigenvalue weighted by atomic mass is 32.2. The van der Waals surface area contributed by atoms with E-state index in [1.54, 1.807) is 0 Å². The van der Waals surface area contributed by atoms with Crippen LogP contribution < -0.4 is 9.62 Å². The third kappa shape index (κ3) is 7.07. The summed E-state index contributed by atoms with van der Waals surface area (Å²) in [5, 5.41) is 3.07. The number of aryl methyl sites for hydroxylation is 1. The molecule has 0 heterocycles. The maximum Gasteiger partial charge on any atom is 0.304 e. The van der Waals surface area contributed by atoms with Gasteiger partial charge in [-0.15, -0.1) is 0 Å². The molecule has 2 amide bonds. The van der Waals surface area contributed by atoms with Gasteiger partial charge in [0.05, 0.1) is 5.69 Å². The van der Waals surface area contributed by atoms with Gasteiger partial charge in [-0.3, -0.25) is 9.59 Å². The Labute approximate surface area is 219 Å². The van der Waals surface area contributed by atoms with E-state index in [0.29, 0.717) is 6.42 Å². The number of halogens is 1. The van der Waals surface area contributed by atoms with Gasteiger partial charge in [0.25, 0.3) is 0 Å². The highest BCUT2D eigenvalue weighted by molar-refractivity contribution is 7.90. The molecule has 202 valence electrons. The van der Waals surface area contributed by atoms with Crippen LogP contribution in [-0.4, -0.2) is 62.2 Å². The zero-order valence-electron chi connectivity index (χ0n) is 22.0. The zero-order chi connectivity index (χ0) is 27.2. The number of para-hydroxylation sites is 1. The number of nitrogens with one attached hydrogen (secondary N) is 1. The van der Waals surface area contributed by atoms with Crippen LogP contribution in [0.1, 0.15) is 50.2 Å². The smallest absolute Gasteiger partial charge is 0.304 e.